The molecule has 108 valence electrons. The highest BCUT2D eigenvalue weighted by Gasteiger charge is 2.39. The first kappa shape index (κ1) is 16.1. The minimum absolute atomic E-state index is 0.0703. The highest BCUT2D eigenvalue weighted by atomic mass is 35.5. The van der Waals surface area contributed by atoms with E-state index in [1.54, 1.807) is 6.07 Å². The Morgan fingerprint density at radius 2 is 2.05 bits per heavy atom. The highest BCUT2D eigenvalue weighted by molar-refractivity contribution is 6.35. The average Bonchev–Trinajstić information content (AvgIpc) is 2.37. The molecule has 1 atom stereocenters. The number of rotatable bonds is 3. The van der Waals surface area contributed by atoms with Crippen molar-refractivity contribution in [1.29, 1.82) is 5.26 Å². The van der Waals surface area contributed by atoms with Crippen molar-refractivity contribution >= 4 is 17.6 Å². The lowest BCUT2D eigenvalue weighted by atomic mass is 10.1. The van der Waals surface area contributed by atoms with Crippen molar-refractivity contribution < 1.29 is 27.4 Å². The molecular formula is C12H9ClF3NO3. The van der Waals surface area contributed by atoms with Gasteiger partial charge in [-0.05, 0) is 19.1 Å². The van der Waals surface area contributed by atoms with Gasteiger partial charge < -0.3 is 9.47 Å². The number of hydrogen-bond donors (Lipinski definition) is 0. The second-order valence-corrected chi connectivity index (χ2v) is 4.08. The maximum atomic E-state index is 12.5. The topological polar surface area (TPSA) is 59.3 Å². The molecule has 20 heavy (non-hydrogen) atoms. The summed E-state index contributed by atoms with van der Waals surface area (Å²) in [5.41, 5.74) is -0.483. The lowest BCUT2D eigenvalue weighted by Crippen LogP contribution is -2.31. The number of esters is 1. The number of benzene rings is 1. The predicted octanol–water partition coefficient (Wildman–Crippen LogP) is 3.33. The Morgan fingerprint density at radius 1 is 1.45 bits per heavy atom. The van der Waals surface area contributed by atoms with Crippen LogP contribution in [0.5, 0.6) is 5.75 Å². The van der Waals surface area contributed by atoms with Crippen molar-refractivity contribution in [3.63, 3.8) is 0 Å². The number of methoxy groups -OCH3 is 1. The molecule has 0 radical (unpaired) electrons. The number of nitriles is 1. The zero-order chi connectivity index (χ0) is 15.5. The molecule has 0 N–H and O–H groups in total. The fraction of sp³-hybridized carbons (Fsp3) is 0.333. The summed E-state index contributed by atoms with van der Waals surface area (Å²) in [5, 5.41) is 8.48. The van der Waals surface area contributed by atoms with E-state index in [0.29, 0.717) is 0 Å². The van der Waals surface area contributed by atoms with Gasteiger partial charge in [0, 0.05) is 0 Å². The summed E-state index contributed by atoms with van der Waals surface area (Å²) in [7, 11) is 1.04. The van der Waals surface area contributed by atoms with Crippen LogP contribution in [0.2, 0.25) is 5.02 Å². The molecule has 0 fully saturated rings. The lowest BCUT2D eigenvalue weighted by molar-refractivity contribution is -0.189. The molecule has 0 aromatic heterocycles. The van der Waals surface area contributed by atoms with E-state index in [-0.39, 0.29) is 10.6 Å². The maximum Gasteiger partial charge on any atom is 0.425 e. The monoisotopic (exact) mass is 307 g/mol. The Labute approximate surface area is 117 Å². The smallest absolute Gasteiger partial charge is 0.425 e. The van der Waals surface area contributed by atoms with Crippen molar-refractivity contribution in [2.45, 2.75) is 19.2 Å². The molecule has 0 amide bonds. The fourth-order valence-electron chi connectivity index (χ4n) is 1.29. The van der Waals surface area contributed by atoms with E-state index < -0.39 is 29.6 Å². The largest absolute Gasteiger partial charge is 0.480 e. The van der Waals surface area contributed by atoms with Gasteiger partial charge >= 0.3 is 12.1 Å². The van der Waals surface area contributed by atoms with Gasteiger partial charge in [-0.2, -0.15) is 18.4 Å². The van der Waals surface area contributed by atoms with Gasteiger partial charge in [0.05, 0.1) is 17.7 Å². The first-order valence-corrected chi connectivity index (χ1v) is 5.64. The van der Waals surface area contributed by atoms with Gasteiger partial charge in [0.25, 0.3) is 0 Å². The van der Waals surface area contributed by atoms with Crippen LogP contribution in [0.15, 0.2) is 12.1 Å². The molecule has 0 aliphatic heterocycles. The molecule has 0 aliphatic carbocycles. The van der Waals surface area contributed by atoms with Crippen molar-refractivity contribution in [3.8, 4) is 11.8 Å². The van der Waals surface area contributed by atoms with Gasteiger partial charge in [-0.1, -0.05) is 11.6 Å². The van der Waals surface area contributed by atoms with Crippen molar-refractivity contribution in [1.82, 2.24) is 0 Å². The third kappa shape index (κ3) is 3.33. The summed E-state index contributed by atoms with van der Waals surface area (Å²) >= 11 is 5.80. The fourth-order valence-corrected chi connectivity index (χ4v) is 1.57. The van der Waals surface area contributed by atoms with Gasteiger partial charge in [-0.15, -0.1) is 0 Å². The molecule has 4 nitrogen and oxygen atoms in total. The molecule has 0 saturated heterocycles. The maximum absolute atomic E-state index is 12.5. The summed E-state index contributed by atoms with van der Waals surface area (Å²) < 4.78 is 46.5. The van der Waals surface area contributed by atoms with Gasteiger partial charge in [-0.25, -0.2) is 4.79 Å². The molecule has 0 saturated carbocycles. The van der Waals surface area contributed by atoms with Crippen LogP contribution >= 0.6 is 11.6 Å². The van der Waals surface area contributed by atoms with Crippen molar-refractivity contribution in [2.24, 2.45) is 0 Å². The molecule has 8 heteroatoms. The van der Waals surface area contributed by atoms with E-state index in [1.165, 1.54) is 0 Å². The zero-order valence-corrected chi connectivity index (χ0v) is 11.2. The Morgan fingerprint density at radius 3 is 2.50 bits per heavy atom. The van der Waals surface area contributed by atoms with Gasteiger partial charge in [-0.3, -0.25) is 0 Å². The normalized spacial score (nSPS) is 12.4. The van der Waals surface area contributed by atoms with E-state index >= 15 is 0 Å². The summed E-state index contributed by atoms with van der Waals surface area (Å²) in [4.78, 5) is 11.6. The van der Waals surface area contributed by atoms with Gasteiger partial charge in [0.2, 0.25) is 0 Å². The van der Waals surface area contributed by atoms with E-state index in [4.69, 9.17) is 21.6 Å². The van der Waals surface area contributed by atoms with Crippen molar-refractivity contribution in [2.75, 3.05) is 7.11 Å². The SMILES string of the molecule is COC(=O)c1c(OC(C)C(F)(F)F)ccc(C#N)c1Cl. The molecular weight excluding hydrogens is 299 g/mol. The van der Waals surface area contributed by atoms with Crippen molar-refractivity contribution in [3.05, 3.63) is 28.3 Å². The minimum Gasteiger partial charge on any atom is -0.480 e. The summed E-state index contributed by atoms with van der Waals surface area (Å²) in [6.45, 7) is 0.785. The number of carbonyl (C=O) groups excluding carboxylic acids is 1. The zero-order valence-electron chi connectivity index (χ0n) is 10.4. The quantitative estimate of drug-likeness (QED) is 0.804. The third-order valence-electron chi connectivity index (χ3n) is 2.38. The lowest BCUT2D eigenvalue weighted by Gasteiger charge is -2.19. The Kier molecular flexibility index (Phi) is 4.84. The van der Waals surface area contributed by atoms with Crippen LogP contribution in [-0.2, 0) is 4.74 Å². The number of halogens is 4. The summed E-state index contributed by atoms with van der Waals surface area (Å²) in [5.74, 6) is -1.39. The minimum atomic E-state index is -4.60. The Bertz CT molecular complexity index is 566. The second kappa shape index (κ2) is 6.01. The van der Waals surface area contributed by atoms with Gasteiger partial charge in [0.1, 0.15) is 17.4 Å². The van der Waals surface area contributed by atoms with E-state index in [2.05, 4.69) is 4.74 Å². The van der Waals surface area contributed by atoms with Crippen LogP contribution in [0, 0.1) is 11.3 Å². The van der Waals surface area contributed by atoms with Crippen LogP contribution in [0.25, 0.3) is 0 Å². The van der Waals surface area contributed by atoms with Crippen LogP contribution in [-0.4, -0.2) is 25.4 Å². The average molecular weight is 308 g/mol. The molecule has 0 heterocycles. The number of nitrogens with zero attached hydrogens (tertiary/aromatic N) is 1. The van der Waals surface area contributed by atoms with E-state index in [1.807, 2.05) is 0 Å². The standard InChI is InChI=1S/C12H9ClF3NO3/c1-6(12(14,15)16)20-8-4-3-7(5-17)10(13)9(8)11(18)19-2/h3-4,6H,1-2H3. The van der Waals surface area contributed by atoms with Crippen LogP contribution in [0.3, 0.4) is 0 Å². The number of hydrogen-bond acceptors (Lipinski definition) is 4. The summed E-state index contributed by atoms with van der Waals surface area (Å²) in [6, 6.07) is 3.94. The highest BCUT2D eigenvalue weighted by Crippen LogP contribution is 2.33. The predicted molar refractivity (Wildman–Crippen MR) is 63.7 cm³/mol. The number of carbonyl (C=O) groups is 1. The van der Waals surface area contributed by atoms with Crippen LogP contribution in [0.4, 0.5) is 13.2 Å². The molecule has 1 aromatic carbocycles. The Hall–Kier alpha value is -1.94. The molecule has 1 aromatic rings. The molecule has 0 aliphatic rings. The molecule has 0 bridgehead atoms. The summed E-state index contributed by atoms with van der Waals surface area (Å²) in [6.07, 6.45) is -6.75. The Balaban J connectivity index is 3.30. The van der Waals surface area contributed by atoms with E-state index in [9.17, 15) is 18.0 Å². The second-order valence-electron chi connectivity index (χ2n) is 3.71. The van der Waals surface area contributed by atoms with E-state index in [0.717, 1.165) is 26.2 Å². The van der Waals surface area contributed by atoms with Crippen LogP contribution in [0.1, 0.15) is 22.8 Å². The molecule has 1 rings (SSSR count). The number of ether oxygens (including phenoxy) is 2. The first-order valence-electron chi connectivity index (χ1n) is 5.26. The van der Waals surface area contributed by atoms with Gasteiger partial charge in [0.15, 0.2) is 6.10 Å². The molecule has 0 spiro atoms. The third-order valence-corrected chi connectivity index (χ3v) is 2.77. The first-order chi connectivity index (χ1) is 9.22. The molecule has 1 unspecified atom stereocenters. The van der Waals surface area contributed by atoms with Crippen LogP contribution < -0.4 is 4.74 Å². The number of alkyl halides is 3.